The Balaban J connectivity index is 1.20. The van der Waals surface area contributed by atoms with Crippen molar-refractivity contribution in [1.29, 1.82) is 0 Å². The van der Waals surface area contributed by atoms with Gasteiger partial charge in [0.25, 0.3) is 5.91 Å². The van der Waals surface area contributed by atoms with Crippen LogP contribution in [0.25, 0.3) is 11.1 Å². The summed E-state index contributed by atoms with van der Waals surface area (Å²) in [5, 5.41) is 0. The first-order valence-corrected chi connectivity index (χ1v) is 12.0. The summed E-state index contributed by atoms with van der Waals surface area (Å²) in [6.07, 6.45) is 4.71. The van der Waals surface area contributed by atoms with Crippen molar-refractivity contribution in [2.45, 2.75) is 37.6 Å². The van der Waals surface area contributed by atoms with Gasteiger partial charge in [0, 0.05) is 31.1 Å². The van der Waals surface area contributed by atoms with Crippen LogP contribution in [0.1, 0.15) is 37.7 Å². The van der Waals surface area contributed by atoms with Crippen molar-refractivity contribution in [3.63, 3.8) is 0 Å². The second-order valence-corrected chi connectivity index (χ2v) is 9.90. The summed E-state index contributed by atoms with van der Waals surface area (Å²) in [5.74, 6) is 2.66. The Hall–Kier alpha value is -3.15. The van der Waals surface area contributed by atoms with Gasteiger partial charge in [-0.05, 0) is 61.3 Å². The van der Waals surface area contributed by atoms with Crippen LogP contribution >= 0.6 is 0 Å². The lowest BCUT2D eigenvalue weighted by molar-refractivity contribution is -0.131. The van der Waals surface area contributed by atoms with Gasteiger partial charge in [0.2, 0.25) is 5.91 Å². The zero-order chi connectivity index (χ0) is 22.6. The van der Waals surface area contributed by atoms with Crippen LogP contribution in [0, 0.1) is 11.8 Å². The minimum Gasteiger partial charge on any atom is -0.497 e. The summed E-state index contributed by atoms with van der Waals surface area (Å²) < 4.78 is 5.25. The van der Waals surface area contributed by atoms with Crippen LogP contribution in [0.4, 0.5) is 0 Å². The predicted molar refractivity (Wildman–Crippen MR) is 126 cm³/mol. The Morgan fingerprint density at radius 1 is 1.00 bits per heavy atom. The van der Waals surface area contributed by atoms with Gasteiger partial charge < -0.3 is 9.64 Å². The molecule has 0 aromatic heterocycles. The topological polar surface area (TPSA) is 62.2 Å². The van der Waals surface area contributed by atoms with Crippen molar-refractivity contribution in [1.82, 2.24) is 9.80 Å². The van der Waals surface area contributed by atoms with E-state index in [9.17, 15) is 9.59 Å². The number of carbonyl (C=O) groups excluding carboxylic acids is 2. The summed E-state index contributed by atoms with van der Waals surface area (Å²) in [6.45, 7) is 2.22. The molecule has 1 atom stereocenters. The summed E-state index contributed by atoms with van der Waals surface area (Å²) in [7, 11) is 1.67. The molecule has 170 valence electrons. The van der Waals surface area contributed by atoms with Crippen LogP contribution in [0.5, 0.6) is 5.75 Å². The van der Waals surface area contributed by atoms with E-state index in [0.29, 0.717) is 18.4 Å². The molecule has 1 spiro atoms. The first-order valence-electron chi connectivity index (χ1n) is 12.0. The number of hydrogen-bond acceptors (Lipinski definition) is 4. The van der Waals surface area contributed by atoms with E-state index in [4.69, 9.17) is 9.73 Å². The van der Waals surface area contributed by atoms with Gasteiger partial charge in [-0.25, -0.2) is 0 Å². The maximum Gasteiger partial charge on any atom is 0.256 e. The van der Waals surface area contributed by atoms with Gasteiger partial charge in [0.05, 0.1) is 7.11 Å². The molecule has 2 aliphatic carbocycles. The minimum absolute atomic E-state index is 0.142. The fourth-order valence-electron chi connectivity index (χ4n) is 5.12. The summed E-state index contributed by atoms with van der Waals surface area (Å²) in [6, 6.07) is 16.3. The number of nitrogens with zero attached hydrogens (tertiary/aromatic N) is 3. The molecule has 33 heavy (non-hydrogen) atoms. The molecule has 0 N–H and O–H groups in total. The van der Waals surface area contributed by atoms with E-state index < -0.39 is 5.54 Å². The van der Waals surface area contributed by atoms with Gasteiger partial charge >= 0.3 is 0 Å². The quantitative estimate of drug-likeness (QED) is 0.683. The maximum atomic E-state index is 13.3. The first kappa shape index (κ1) is 20.5. The third-order valence-corrected chi connectivity index (χ3v) is 7.47. The third-order valence-electron chi connectivity index (χ3n) is 7.47. The molecule has 2 saturated carbocycles. The molecule has 0 radical (unpaired) electrons. The highest BCUT2D eigenvalue weighted by Crippen LogP contribution is 2.46. The van der Waals surface area contributed by atoms with Crippen LogP contribution in [0.3, 0.4) is 0 Å². The van der Waals surface area contributed by atoms with Crippen molar-refractivity contribution in [2.24, 2.45) is 16.8 Å². The summed E-state index contributed by atoms with van der Waals surface area (Å²) in [4.78, 5) is 34.6. The summed E-state index contributed by atoms with van der Waals surface area (Å²) >= 11 is 0. The molecule has 6 nitrogen and oxygen atoms in total. The molecule has 3 fully saturated rings. The van der Waals surface area contributed by atoms with Crippen LogP contribution in [0.2, 0.25) is 0 Å². The number of rotatable bonds is 6. The molecule has 2 heterocycles. The molecule has 0 unspecified atom stereocenters. The fourth-order valence-corrected chi connectivity index (χ4v) is 5.12. The molecule has 4 aliphatic rings. The fraction of sp³-hybridized carbons (Fsp3) is 0.444. The zero-order valence-corrected chi connectivity index (χ0v) is 19.0. The molecule has 2 aromatic carbocycles. The Bertz CT molecular complexity index is 1110. The van der Waals surface area contributed by atoms with Crippen molar-refractivity contribution in [3.8, 4) is 16.9 Å². The van der Waals surface area contributed by atoms with E-state index in [1.54, 1.807) is 7.11 Å². The Morgan fingerprint density at radius 3 is 2.24 bits per heavy atom. The molecule has 2 aliphatic heterocycles. The van der Waals surface area contributed by atoms with Crippen molar-refractivity contribution >= 4 is 17.6 Å². The molecule has 0 bridgehead atoms. The number of carbonyl (C=O) groups is 2. The number of methoxy groups -OCH3 is 1. The van der Waals surface area contributed by atoms with Gasteiger partial charge in [0.1, 0.15) is 17.1 Å². The standard InChI is InChI=1S/C27H29N3O3/c1-33-23-10-8-20(9-11-23)19-2-4-21(5-3-19)24-28-27(13-14-27)26(32)30(24)17-18-12-15-29(16-18)25(31)22-6-7-22/h2-5,8-11,18,22H,6-7,12-17H2,1H3/t18-/m1/s1. The average molecular weight is 444 g/mol. The van der Waals surface area contributed by atoms with Crippen LogP contribution < -0.4 is 4.74 Å². The number of aliphatic imine (C=N–C) groups is 1. The van der Waals surface area contributed by atoms with Gasteiger partial charge in [0.15, 0.2) is 0 Å². The number of amidine groups is 1. The highest BCUT2D eigenvalue weighted by Gasteiger charge is 2.57. The van der Waals surface area contributed by atoms with Crippen LogP contribution in [0.15, 0.2) is 53.5 Å². The first-order chi connectivity index (χ1) is 16.1. The number of ether oxygens (including phenoxy) is 1. The number of likely N-dealkylation sites (tertiary alicyclic amines) is 1. The van der Waals surface area contributed by atoms with E-state index in [0.717, 1.165) is 73.5 Å². The van der Waals surface area contributed by atoms with Crippen LogP contribution in [-0.4, -0.2) is 59.7 Å². The Kier molecular flexibility index (Phi) is 4.78. The molecule has 2 amide bonds. The molecule has 2 aromatic rings. The summed E-state index contributed by atoms with van der Waals surface area (Å²) in [5.41, 5.74) is 2.69. The highest BCUT2D eigenvalue weighted by atomic mass is 16.5. The van der Waals surface area contributed by atoms with Crippen molar-refractivity contribution in [2.75, 3.05) is 26.7 Å². The van der Waals surface area contributed by atoms with Crippen molar-refractivity contribution in [3.05, 3.63) is 54.1 Å². The van der Waals surface area contributed by atoms with E-state index >= 15 is 0 Å². The second kappa shape index (κ2) is 7.72. The Labute approximate surface area is 194 Å². The minimum atomic E-state index is -0.522. The van der Waals surface area contributed by atoms with Gasteiger partial charge in [-0.2, -0.15) is 0 Å². The number of benzene rings is 2. The largest absolute Gasteiger partial charge is 0.497 e. The normalized spacial score (nSPS) is 23.2. The van der Waals surface area contributed by atoms with Crippen molar-refractivity contribution < 1.29 is 14.3 Å². The monoisotopic (exact) mass is 443 g/mol. The zero-order valence-electron chi connectivity index (χ0n) is 19.0. The van der Waals surface area contributed by atoms with E-state index in [2.05, 4.69) is 24.3 Å². The Morgan fingerprint density at radius 2 is 1.64 bits per heavy atom. The predicted octanol–water partition coefficient (Wildman–Crippen LogP) is 3.74. The third kappa shape index (κ3) is 3.71. The number of hydrogen-bond donors (Lipinski definition) is 0. The molecule has 6 rings (SSSR count). The lowest BCUT2D eigenvalue weighted by atomic mass is 10.0. The molecular formula is C27H29N3O3. The second-order valence-electron chi connectivity index (χ2n) is 9.90. The maximum absolute atomic E-state index is 13.3. The van der Waals surface area contributed by atoms with E-state index in [1.165, 1.54) is 0 Å². The SMILES string of the molecule is COc1ccc(-c2ccc(C3=NC4(CC4)C(=O)N3C[C@@H]3CCN(C(=O)C4CC4)C3)cc2)cc1. The highest BCUT2D eigenvalue weighted by molar-refractivity contribution is 6.16. The number of amides is 2. The van der Waals surface area contributed by atoms with Gasteiger partial charge in [-0.15, -0.1) is 0 Å². The average Bonchev–Trinajstić information content (AvgIpc) is 3.78. The van der Waals surface area contributed by atoms with Gasteiger partial charge in [-0.3, -0.25) is 19.5 Å². The lowest BCUT2D eigenvalue weighted by Crippen LogP contribution is -2.40. The molecule has 1 saturated heterocycles. The molecular weight excluding hydrogens is 414 g/mol. The van der Waals surface area contributed by atoms with E-state index in [1.807, 2.05) is 34.1 Å². The lowest BCUT2D eigenvalue weighted by Gasteiger charge is -2.23. The van der Waals surface area contributed by atoms with Crippen LogP contribution in [-0.2, 0) is 9.59 Å². The van der Waals surface area contributed by atoms with E-state index in [-0.39, 0.29) is 11.8 Å². The molecule has 6 heteroatoms. The van der Waals surface area contributed by atoms with Gasteiger partial charge in [-0.1, -0.05) is 36.4 Å². The smallest absolute Gasteiger partial charge is 0.256 e.